The van der Waals surface area contributed by atoms with Crippen LogP contribution in [0.5, 0.6) is 0 Å². The second-order valence-corrected chi connectivity index (χ2v) is 10.0. The number of urea groups is 2. The van der Waals surface area contributed by atoms with Crippen LogP contribution in [0.25, 0.3) is 0 Å². The lowest BCUT2D eigenvalue weighted by Gasteiger charge is -2.44. The van der Waals surface area contributed by atoms with Crippen molar-refractivity contribution in [1.29, 1.82) is 0 Å². The molecule has 3 fully saturated rings. The molecule has 0 aliphatic carbocycles. The van der Waals surface area contributed by atoms with Crippen LogP contribution in [0.3, 0.4) is 0 Å². The molecule has 0 aromatic heterocycles. The molecule has 0 bridgehead atoms. The average molecular weight is 462 g/mol. The molecule has 0 radical (unpaired) electrons. The summed E-state index contributed by atoms with van der Waals surface area (Å²) in [4.78, 5) is 64.2. The number of imide groups is 1. The van der Waals surface area contributed by atoms with Crippen LogP contribution in [0.4, 0.5) is 9.59 Å². The molecular formula is C20H23N5O6S. The van der Waals surface area contributed by atoms with Crippen molar-refractivity contribution in [2.75, 3.05) is 13.1 Å². The molecular weight excluding hydrogens is 438 g/mol. The van der Waals surface area contributed by atoms with Crippen molar-refractivity contribution < 1.29 is 29.1 Å². The molecule has 32 heavy (non-hydrogen) atoms. The van der Waals surface area contributed by atoms with E-state index < -0.39 is 58.1 Å². The number of carboxylic acids is 1. The zero-order valence-electron chi connectivity index (χ0n) is 17.4. The van der Waals surface area contributed by atoms with Gasteiger partial charge in [0.15, 0.2) is 0 Å². The summed E-state index contributed by atoms with van der Waals surface area (Å²) in [6, 6.07) is 4.14. The molecule has 3 aliphatic heterocycles. The van der Waals surface area contributed by atoms with E-state index in [-0.39, 0.29) is 6.54 Å². The molecule has 3 aliphatic rings. The number of carbonyl (C=O) groups is 5. The maximum Gasteiger partial charge on any atom is 0.327 e. The lowest BCUT2D eigenvalue weighted by molar-refractivity contribution is -0.161. The zero-order chi connectivity index (χ0) is 23.2. The first-order chi connectivity index (χ1) is 15.1. The van der Waals surface area contributed by atoms with E-state index in [2.05, 4.69) is 16.0 Å². The zero-order valence-corrected chi connectivity index (χ0v) is 18.2. The largest absolute Gasteiger partial charge is 0.480 e. The van der Waals surface area contributed by atoms with Crippen LogP contribution in [0.15, 0.2) is 30.3 Å². The van der Waals surface area contributed by atoms with Gasteiger partial charge < -0.3 is 26.0 Å². The number of hydrogen-bond acceptors (Lipinski definition) is 6. The molecule has 0 unspecified atom stereocenters. The van der Waals surface area contributed by atoms with Crippen molar-refractivity contribution in [3.63, 3.8) is 0 Å². The third-order valence-electron chi connectivity index (χ3n) is 5.74. The van der Waals surface area contributed by atoms with Crippen LogP contribution in [0, 0.1) is 0 Å². The number of fused-ring (bicyclic) bond motifs is 1. The van der Waals surface area contributed by atoms with Gasteiger partial charge in [0.25, 0.3) is 0 Å². The fourth-order valence-corrected chi connectivity index (χ4v) is 5.82. The van der Waals surface area contributed by atoms with Crippen molar-refractivity contribution in [3.8, 4) is 0 Å². The van der Waals surface area contributed by atoms with Crippen molar-refractivity contribution in [3.05, 3.63) is 35.9 Å². The minimum Gasteiger partial charge on any atom is -0.480 e. The Labute approximate surface area is 187 Å². The molecule has 0 spiro atoms. The molecule has 12 heteroatoms. The second-order valence-electron chi connectivity index (χ2n) is 8.26. The number of nitrogens with zero attached hydrogens (tertiary/aromatic N) is 2. The minimum atomic E-state index is -1.14. The van der Waals surface area contributed by atoms with Gasteiger partial charge in [-0.1, -0.05) is 30.3 Å². The minimum absolute atomic E-state index is 0.175. The van der Waals surface area contributed by atoms with Gasteiger partial charge in [-0.2, -0.15) is 0 Å². The third kappa shape index (κ3) is 3.64. The van der Waals surface area contributed by atoms with Crippen molar-refractivity contribution in [2.24, 2.45) is 0 Å². The fourth-order valence-electron chi connectivity index (χ4n) is 4.19. The van der Waals surface area contributed by atoms with E-state index in [1.807, 2.05) is 0 Å². The monoisotopic (exact) mass is 461 g/mol. The van der Waals surface area contributed by atoms with E-state index in [0.717, 1.165) is 4.90 Å². The number of nitrogens with one attached hydrogen (secondary N) is 3. The number of benzene rings is 1. The van der Waals surface area contributed by atoms with Crippen molar-refractivity contribution >= 4 is 41.6 Å². The summed E-state index contributed by atoms with van der Waals surface area (Å²) < 4.78 is -0.720. The van der Waals surface area contributed by atoms with Gasteiger partial charge in [0, 0.05) is 17.8 Å². The summed E-state index contributed by atoms with van der Waals surface area (Å²) in [7, 11) is 0. The molecule has 4 atom stereocenters. The lowest BCUT2D eigenvalue weighted by Crippen LogP contribution is -2.71. The molecule has 6 amide bonds. The predicted octanol–water partition coefficient (Wildman–Crippen LogP) is 0.0942. The maximum atomic E-state index is 13.1. The first kappa shape index (κ1) is 21.9. The van der Waals surface area contributed by atoms with E-state index in [0.29, 0.717) is 12.1 Å². The summed E-state index contributed by atoms with van der Waals surface area (Å²) in [5.41, 5.74) is 0.476. The number of thioether (sulfide) groups is 1. The Balaban J connectivity index is 1.51. The van der Waals surface area contributed by atoms with Gasteiger partial charge in [-0.25, -0.2) is 19.3 Å². The van der Waals surface area contributed by atoms with Crippen LogP contribution < -0.4 is 16.0 Å². The quantitative estimate of drug-likeness (QED) is 0.454. The van der Waals surface area contributed by atoms with Gasteiger partial charge in [0.2, 0.25) is 11.8 Å². The van der Waals surface area contributed by atoms with E-state index >= 15 is 0 Å². The normalized spacial score (nSPS) is 26.6. The molecule has 170 valence electrons. The van der Waals surface area contributed by atoms with Crippen molar-refractivity contribution in [1.82, 2.24) is 25.8 Å². The Kier molecular flexibility index (Phi) is 5.49. The molecule has 3 saturated heterocycles. The van der Waals surface area contributed by atoms with Crippen LogP contribution in [0.2, 0.25) is 0 Å². The Bertz CT molecular complexity index is 986. The van der Waals surface area contributed by atoms with Gasteiger partial charge >= 0.3 is 18.0 Å². The smallest absolute Gasteiger partial charge is 0.327 e. The first-order valence-corrected chi connectivity index (χ1v) is 10.9. The number of carboxylic acid groups (broad SMARTS) is 1. The number of amides is 6. The fraction of sp³-hybridized carbons (Fsp3) is 0.450. The first-order valence-electron chi connectivity index (χ1n) is 10.1. The van der Waals surface area contributed by atoms with Crippen LogP contribution in [-0.2, 0) is 14.4 Å². The van der Waals surface area contributed by atoms with E-state index in [9.17, 15) is 29.1 Å². The Morgan fingerprint density at radius 2 is 1.91 bits per heavy atom. The number of rotatable bonds is 5. The van der Waals surface area contributed by atoms with Gasteiger partial charge in [0.05, 0.1) is 0 Å². The summed E-state index contributed by atoms with van der Waals surface area (Å²) in [6.45, 7) is 3.98. The van der Waals surface area contributed by atoms with Crippen LogP contribution in [0.1, 0.15) is 25.5 Å². The highest BCUT2D eigenvalue weighted by atomic mass is 32.2. The molecule has 1 aromatic rings. The standard InChI is InChI=1S/C20H23N5O6S/c1-20(2)13(17(28)29)25-15(27)12(16(25)32-20)22-14(26)11(10-6-4-3-5-7-10)23-19(31)24-9-8-21-18(24)30/h3-7,11-13,16H,8-9H2,1-2H3,(H,21,30)(H,22,26)(H,23,31)(H,28,29)/t11-,12-,13-,16+/m1/s1. The van der Waals surface area contributed by atoms with Gasteiger partial charge in [-0.15, -0.1) is 11.8 Å². The maximum absolute atomic E-state index is 13.1. The molecule has 1 aromatic carbocycles. The lowest BCUT2D eigenvalue weighted by atomic mass is 9.95. The summed E-state index contributed by atoms with van der Waals surface area (Å²) in [5.74, 6) is -2.20. The summed E-state index contributed by atoms with van der Waals surface area (Å²) >= 11 is 1.31. The molecule has 0 saturated carbocycles. The topological polar surface area (TPSA) is 148 Å². The van der Waals surface area contributed by atoms with Gasteiger partial charge in [0.1, 0.15) is 23.5 Å². The Morgan fingerprint density at radius 1 is 1.22 bits per heavy atom. The molecule has 11 nitrogen and oxygen atoms in total. The van der Waals surface area contributed by atoms with E-state index in [1.54, 1.807) is 44.2 Å². The average Bonchev–Trinajstić information content (AvgIpc) is 3.29. The predicted molar refractivity (Wildman–Crippen MR) is 113 cm³/mol. The van der Waals surface area contributed by atoms with Crippen LogP contribution >= 0.6 is 11.8 Å². The molecule has 4 N–H and O–H groups in total. The molecule has 4 rings (SSSR count). The van der Waals surface area contributed by atoms with Gasteiger partial charge in [-0.3, -0.25) is 9.59 Å². The van der Waals surface area contributed by atoms with Gasteiger partial charge in [-0.05, 0) is 19.4 Å². The van der Waals surface area contributed by atoms with E-state index in [4.69, 9.17) is 0 Å². The highest BCUT2D eigenvalue weighted by molar-refractivity contribution is 8.01. The summed E-state index contributed by atoms with van der Waals surface area (Å²) in [5, 5.41) is 16.8. The second kappa shape index (κ2) is 8.01. The number of carbonyl (C=O) groups excluding carboxylic acids is 4. The molecule has 3 heterocycles. The highest BCUT2D eigenvalue weighted by Crippen LogP contribution is 2.50. The van der Waals surface area contributed by atoms with Crippen LogP contribution in [-0.4, -0.2) is 80.0 Å². The summed E-state index contributed by atoms with van der Waals surface area (Å²) in [6.07, 6.45) is 0. The number of hydrogen-bond donors (Lipinski definition) is 4. The Hall–Kier alpha value is -3.28. The third-order valence-corrected chi connectivity index (χ3v) is 7.31. The number of β-lactam (4-membered cyclic amide) rings is 1. The number of aliphatic carboxylic acids is 1. The highest BCUT2D eigenvalue weighted by Gasteiger charge is 2.64. The van der Waals surface area contributed by atoms with Crippen molar-refractivity contribution in [2.45, 2.75) is 42.1 Å². The Morgan fingerprint density at radius 3 is 2.50 bits per heavy atom. The van der Waals surface area contributed by atoms with E-state index in [1.165, 1.54) is 16.7 Å². The SMILES string of the molecule is CC1(C)S[C@H]2[C@H](NC(=O)[C@H](NC(=O)N3CCNC3=O)c3ccccc3)C(=O)N2[C@@H]1C(=O)O.